The Balaban J connectivity index is 1.89. The third-order valence-electron chi connectivity index (χ3n) is 4.67. The van der Waals surface area contributed by atoms with Crippen molar-refractivity contribution >= 4 is 0 Å². The van der Waals surface area contributed by atoms with E-state index in [9.17, 15) is 0 Å². The summed E-state index contributed by atoms with van der Waals surface area (Å²) in [6, 6.07) is 4.54. The first kappa shape index (κ1) is 14.8. The van der Waals surface area contributed by atoms with Crippen molar-refractivity contribution in [3.8, 4) is 5.75 Å². The van der Waals surface area contributed by atoms with Gasteiger partial charge >= 0.3 is 0 Å². The summed E-state index contributed by atoms with van der Waals surface area (Å²) in [6.07, 6.45) is 1.58. The van der Waals surface area contributed by atoms with E-state index in [0.717, 1.165) is 38.3 Å². The van der Waals surface area contributed by atoms with Gasteiger partial charge in [-0.05, 0) is 42.6 Å². The molecular formula is C17H26N2O2. The molecule has 1 fully saturated rings. The maximum absolute atomic E-state index is 6.12. The molecule has 0 saturated carbocycles. The highest BCUT2D eigenvalue weighted by Crippen LogP contribution is 2.34. The highest BCUT2D eigenvalue weighted by Gasteiger charge is 2.28. The Kier molecular flexibility index (Phi) is 4.48. The van der Waals surface area contributed by atoms with Crippen LogP contribution < -0.4 is 15.4 Å². The second kappa shape index (κ2) is 6.34. The molecule has 2 aliphatic rings. The van der Waals surface area contributed by atoms with Crippen molar-refractivity contribution in [1.29, 1.82) is 0 Å². The van der Waals surface area contributed by atoms with Gasteiger partial charge in [0.1, 0.15) is 5.75 Å². The van der Waals surface area contributed by atoms with Gasteiger partial charge in [0.2, 0.25) is 0 Å². The summed E-state index contributed by atoms with van der Waals surface area (Å²) in [5, 5.41) is 6.88. The Morgan fingerprint density at radius 2 is 2.10 bits per heavy atom. The molecule has 1 aromatic carbocycles. The Labute approximate surface area is 127 Å². The van der Waals surface area contributed by atoms with E-state index in [2.05, 4.69) is 36.6 Å². The van der Waals surface area contributed by atoms with E-state index < -0.39 is 0 Å². The second-order valence-corrected chi connectivity index (χ2v) is 6.22. The molecule has 0 spiro atoms. The van der Waals surface area contributed by atoms with Crippen LogP contribution in [-0.2, 0) is 17.7 Å². The zero-order chi connectivity index (χ0) is 14.8. The van der Waals surface area contributed by atoms with E-state index in [1.54, 1.807) is 7.11 Å². The molecule has 21 heavy (non-hydrogen) atoms. The van der Waals surface area contributed by atoms with Crippen molar-refractivity contribution in [1.82, 2.24) is 10.6 Å². The smallest absolute Gasteiger partial charge is 0.122 e. The van der Waals surface area contributed by atoms with Gasteiger partial charge in [-0.25, -0.2) is 0 Å². The Bertz CT molecular complexity index is 504. The van der Waals surface area contributed by atoms with Crippen molar-refractivity contribution in [2.75, 3.05) is 26.7 Å². The van der Waals surface area contributed by atoms with Crippen molar-refractivity contribution in [2.45, 2.75) is 44.9 Å². The van der Waals surface area contributed by atoms with Gasteiger partial charge in [-0.15, -0.1) is 0 Å². The van der Waals surface area contributed by atoms with E-state index in [4.69, 9.17) is 9.47 Å². The molecule has 1 aromatic rings. The topological polar surface area (TPSA) is 42.5 Å². The number of fused-ring (bicyclic) bond motifs is 1. The summed E-state index contributed by atoms with van der Waals surface area (Å²) >= 11 is 0. The SMILES string of the molecule is COc1cc2c(cc1C(C)C1CNCC(C)O1)CCNC2. The first-order valence-electron chi connectivity index (χ1n) is 7.95. The standard InChI is InChI=1S/C17H26N2O2/c1-11-8-19-10-17(21-11)12(2)15-6-13-4-5-18-9-14(13)7-16(15)20-3/h6-7,11-12,17-19H,4-5,8-10H2,1-3H3. The number of morpholine rings is 1. The van der Waals surface area contributed by atoms with Crippen molar-refractivity contribution in [3.05, 3.63) is 28.8 Å². The van der Waals surface area contributed by atoms with Crippen LogP contribution in [0.1, 0.15) is 36.5 Å². The van der Waals surface area contributed by atoms with Gasteiger partial charge in [0.25, 0.3) is 0 Å². The van der Waals surface area contributed by atoms with Crippen LogP contribution in [0.5, 0.6) is 5.75 Å². The largest absolute Gasteiger partial charge is 0.496 e. The predicted molar refractivity (Wildman–Crippen MR) is 84.0 cm³/mol. The molecule has 3 unspecified atom stereocenters. The molecule has 3 rings (SSSR count). The van der Waals surface area contributed by atoms with Crippen LogP contribution in [0.3, 0.4) is 0 Å². The normalized spacial score (nSPS) is 27.0. The number of hydrogen-bond acceptors (Lipinski definition) is 4. The van der Waals surface area contributed by atoms with Crippen LogP contribution in [0.15, 0.2) is 12.1 Å². The van der Waals surface area contributed by atoms with Gasteiger partial charge < -0.3 is 20.1 Å². The molecule has 3 atom stereocenters. The van der Waals surface area contributed by atoms with Gasteiger partial charge in [0.15, 0.2) is 0 Å². The number of rotatable bonds is 3. The van der Waals surface area contributed by atoms with Gasteiger partial charge in [-0.1, -0.05) is 13.0 Å². The van der Waals surface area contributed by atoms with Crippen LogP contribution in [0, 0.1) is 0 Å². The minimum atomic E-state index is 0.211. The molecular weight excluding hydrogens is 264 g/mol. The molecule has 4 nitrogen and oxygen atoms in total. The molecule has 1 saturated heterocycles. The summed E-state index contributed by atoms with van der Waals surface area (Å²) in [7, 11) is 1.76. The summed E-state index contributed by atoms with van der Waals surface area (Å²) in [5.74, 6) is 1.32. The zero-order valence-electron chi connectivity index (χ0n) is 13.2. The Hall–Kier alpha value is -1.10. The van der Waals surface area contributed by atoms with Crippen molar-refractivity contribution < 1.29 is 9.47 Å². The van der Waals surface area contributed by atoms with Crippen LogP contribution in [0.2, 0.25) is 0 Å². The first-order valence-corrected chi connectivity index (χ1v) is 7.95. The lowest BCUT2D eigenvalue weighted by Gasteiger charge is -2.34. The summed E-state index contributed by atoms with van der Waals surface area (Å²) in [4.78, 5) is 0. The number of ether oxygens (including phenoxy) is 2. The lowest BCUT2D eigenvalue weighted by Crippen LogP contribution is -2.45. The highest BCUT2D eigenvalue weighted by molar-refractivity contribution is 5.46. The molecule has 4 heteroatoms. The van der Waals surface area contributed by atoms with Crippen LogP contribution in [0.4, 0.5) is 0 Å². The van der Waals surface area contributed by atoms with E-state index in [-0.39, 0.29) is 12.2 Å². The number of nitrogens with one attached hydrogen (secondary N) is 2. The van der Waals surface area contributed by atoms with Crippen molar-refractivity contribution in [3.63, 3.8) is 0 Å². The van der Waals surface area contributed by atoms with Gasteiger partial charge in [-0.2, -0.15) is 0 Å². The number of methoxy groups -OCH3 is 1. The molecule has 116 valence electrons. The van der Waals surface area contributed by atoms with E-state index in [1.807, 2.05) is 0 Å². The maximum Gasteiger partial charge on any atom is 0.122 e. The first-order chi connectivity index (χ1) is 10.2. The average Bonchev–Trinajstić information content (AvgIpc) is 2.53. The summed E-state index contributed by atoms with van der Waals surface area (Å²) in [5.41, 5.74) is 4.09. The molecule has 2 N–H and O–H groups in total. The zero-order valence-corrected chi connectivity index (χ0v) is 13.2. The third kappa shape index (κ3) is 3.07. The van der Waals surface area contributed by atoms with E-state index >= 15 is 0 Å². The predicted octanol–water partition coefficient (Wildman–Crippen LogP) is 1.82. The minimum Gasteiger partial charge on any atom is -0.496 e. The van der Waals surface area contributed by atoms with Gasteiger partial charge in [-0.3, -0.25) is 0 Å². The monoisotopic (exact) mass is 290 g/mol. The highest BCUT2D eigenvalue weighted by atomic mass is 16.5. The molecule has 0 bridgehead atoms. The second-order valence-electron chi connectivity index (χ2n) is 6.22. The third-order valence-corrected chi connectivity index (χ3v) is 4.67. The van der Waals surface area contributed by atoms with Gasteiger partial charge in [0, 0.05) is 25.6 Å². The average molecular weight is 290 g/mol. The quantitative estimate of drug-likeness (QED) is 0.891. The van der Waals surface area contributed by atoms with E-state index in [0.29, 0.717) is 5.92 Å². The molecule has 2 aliphatic heterocycles. The molecule has 0 aliphatic carbocycles. The molecule has 2 heterocycles. The Morgan fingerprint density at radius 1 is 1.24 bits per heavy atom. The fraction of sp³-hybridized carbons (Fsp3) is 0.647. The van der Waals surface area contributed by atoms with Crippen LogP contribution in [-0.4, -0.2) is 39.0 Å². The van der Waals surface area contributed by atoms with E-state index in [1.165, 1.54) is 16.7 Å². The Morgan fingerprint density at radius 3 is 2.86 bits per heavy atom. The van der Waals surface area contributed by atoms with Crippen LogP contribution >= 0.6 is 0 Å². The lowest BCUT2D eigenvalue weighted by atomic mass is 9.88. The summed E-state index contributed by atoms with van der Waals surface area (Å²) in [6.45, 7) is 8.23. The summed E-state index contributed by atoms with van der Waals surface area (Å²) < 4.78 is 11.8. The fourth-order valence-electron chi connectivity index (χ4n) is 3.38. The number of benzene rings is 1. The molecule has 0 radical (unpaired) electrons. The number of hydrogen-bond donors (Lipinski definition) is 2. The van der Waals surface area contributed by atoms with Crippen LogP contribution in [0.25, 0.3) is 0 Å². The fourth-order valence-corrected chi connectivity index (χ4v) is 3.38. The van der Waals surface area contributed by atoms with Gasteiger partial charge in [0.05, 0.1) is 19.3 Å². The lowest BCUT2D eigenvalue weighted by molar-refractivity contribution is -0.0382. The molecule has 0 amide bonds. The minimum absolute atomic E-state index is 0.211. The maximum atomic E-state index is 6.12. The van der Waals surface area contributed by atoms with Crippen molar-refractivity contribution in [2.24, 2.45) is 0 Å². The molecule has 0 aromatic heterocycles.